The van der Waals surface area contributed by atoms with Gasteiger partial charge in [-0.2, -0.15) is 0 Å². The molecular weight excluding hydrogens is 424 g/mol. The van der Waals surface area contributed by atoms with E-state index in [0.717, 1.165) is 11.3 Å². The average molecular weight is 457 g/mol. The number of aryl methyl sites for hydroxylation is 1. The molecule has 4 amide bonds. The summed E-state index contributed by atoms with van der Waals surface area (Å²) in [6.45, 7) is 8.16. The molecule has 1 atom stereocenters. The Morgan fingerprint density at radius 1 is 1.09 bits per heavy atom. The van der Waals surface area contributed by atoms with Gasteiger partial charge in [-0.25, -0.2) is 4.79 Å². The maximum Gasteiger partial charge on any atom is 0.321 e. The van der Waals surface area contributed by atoms with Gasteiger partial charge in [-0.3, -0.25) is 9.59 Å². The molecule has 0 bridgehead atoms. The van der Waals surface area contributed by atoms with Gasteiger partial charge in [-0.1, -0.05) is 23.8 Å². The van der Waals surface area contributed by atoms with Crippen LogP contribution in [0.2, 0.25) is 0 Å². The van der Waals surface area contributed by atoms with E-state index >= 15 is 0 Å². The molecule has 0 radical (unpaired) electrons. The number of hydrogen-bond donors (Lipinski definition) is 2. The van der Waals surface area contributed by atoms with Crippen molar-refractivity contribution in [1.29, 1.82) is 0 Å². The van der Waals surface area contributed by atoms with Gasteiger partial charge in [0.2, 0.25) is 5.91 Å². The highest BCUT2D eigenvalue weighted by Gasteiger charge is 2.35. The summed E-state index contributed by atoms with van der Waals surface area (Å²) in [6, 6.07) is 10.6. The number of likely N-dealkylation sites (tertiary alicyclic amines) is 1. The maximum atomic E-state index is 13.2. The van der Waals surface area contributed by atoms with Gasteiger partial charge in [0.1, 0.15) is 6.04 Å². The number of thiophene rings is 1. The highest BCUT2D eigenvalue weighted by molar-refractivity contribution is 7.12. The predicted octanol–water partition coefficient (Wildman–Crippen LogP) is 3.97. The van der Waals surface area contributed by atoms with Crippen molar-refractivity contribution in [3.8, 4) is 0 Å². The van der Waals surface area contributed by atoms with Crippen LogP contribution in [0.3, 0.4) is 0 Å². The largest absolute Gasteiger partial charge is 0.341 e. The van der Waals surface area contributed by atoms with Crippen LogP contribution < -0.4 is 10.6 Å². The van der Waals surface area contributed by atoms with Gasteiger partial charge >= 0.3 is 6.03 Å². The van der Waals surface area contributed by atoms with E-state index in [2.05, 4.69) is 10.6 Å². The summed E-state index contributed by atoms with van der Waals surface area (Å²) in [4.78, 5) is 42.7. The fourth-order valence-electron chi connectivity index (χ4n) is 4.01. The topological polar surface area (TPSA) is 81.8 Å². The molecule has 172 valence electrons. The third kappa shape index (κ3) is 5.88. The molecule has 1 aliphatic rings. The lowest BCUT2D eigenvalue weighted by Crippen LogP contribution is -2.55. The molecule has 0 spiro atoms. The number of hydrogen-bond acceptors (Lipinski definition) is 4. The van der Waals surface area contributed by atoms with Crippen molar-refractivity contribution in [2.24, 2.45) is 5.92 Å². The Bertz CT molecular complexity index is 902. The molecule has 1 aromatic carbocycles. The number of piperidine rings is 1. The second-order valence-corrected chi connectivity index (χ2v) is 9.01. The van der Waals surface area contributed by atoms with Gasteiger partial charge in [-0.15, -0.1) is 11.3 Å². The molecule has 0 saturated carbocycles. The highest BCUT2D eigenvalue weighted by atomic mass is 32.1. The van der Waals surface area contributed by atoms with Crippen LogP contribution in [0.5, 0.6) is 0 Å². The zero-order chi connectivity index (χ0) is 23.1. The van der Waals surface area contributed by atoms with Gasteiger partial charge in [-0.05, 0) is 63.1 Å². The number of carbonyl (C=O) groups is 3. The number of nitrogens with zero attached hydrogens (tertiary/aromatic N) is 2. The minimum absolute atomic E-state index is 0.0181. The number of anilines is 1. The summed E-state index contributed by atoms with van der Waals surface area (Å²) in [5, 5.41) is 7.77. The lowest BCUT2D eigenvalue weighted by Gasteiger charge is -2.37. The number of rotatable bonds is 7. The fourth-order valence-corrected chi connectivity index (χ4v) is 4.64. The zero-order valence-corrected chi connectivity index (χ0v) is 19.8. The van der Waals surface area contributed by atoms with Gasteiger partial charge in [0.25, 0.3) is 5.91 Å². The summed E-state index contributed by atoms with van der Waals surface area (Å²) in [5.74, 6) is -0.289. The molecule has 8 heteroatoms. The average Bonchev–Trinajstić information content (AvgIpc) is 3.35. The monoisotopic (exact) mass is 456 g/mol. The zero-order valence-electron chi connectivity index (χ0n) is 19.0. The second kappa shape index (κ2) is 11.1. The quantitative estimate of drug-likeness (QED) is 0.662. The molecule has 1 aliphatic heterocycles. The highest BCUT2D eigenvalue weighted by Crippen LogP contribution is 2.24. The third-order valence-electron chi connectivity index (χ3n) is 5.97. The standard InChI is InChI=1S/C24H32N4O3S/c1-4-27(5-2)23(30)21(26-22(29)20-7-6-16-32-20)18-12-14-28(15-13-18)24(31)25-19-10-8-17(3)9-11-19/h6-11,16,18,21H,4-5,12-15H2,1-3H3,(H,25,31)(H,26,29)/t21-/m1/s1. The Morgan fingerprint density at radius 2 is 1.75 bits per heavy atom. The minimum Gasteiger partial charge on any atom is -0.341 e. The van der Waals surface area contributed by atoms with E-state index in [1.165, 1.54) is 11.3 Å². The molecule has 2 aromatic rings. The van der Waals surface area contributed by atoms with Crippen LogP contribution in [-0.2, 0) is 4.79 Å². The Kier molecular flexibility index (Phi) is 8.27. The van der Waals surface area contributed by atoms with Gasteiger partial charge in [0.15, 0.2) is 0 Å². The van der Waals surface area contributed by atoms with E-state index in [4.69, 9.17) is 0 Å². The molecule has 1 fully saturated rings. The first-order chi connectivity index (χ1) is 15.4. The Labute approximate surface area is 193 Å². The van der Waals surface area contributed by atoms with Crippen molar-refractivity contribution < 1.29 is 14.4 Å². The van der Waals surface area contributed by atoms with E-state index in [1.807, 2.05) is 56.5 Å². The number of benzene rings is 1. The molecule has 0 aliphatic carbocycles. The van der Waals surface area contributed by atoms with Crippen LogP contribution in [0, 0.1) is 12.8 Å². The summed E-state index contributed by atoms with van der Waals surface area (Å²) in [7, 11) is 0. The molecule has 2 heterocycles. The van der Waals surface area contributed by atoms with Crippen LogP contribution in [0.15, 0.2) is 41.8 Å². The lowest BCUT2D eigenvalue weighted by molar-refractivity contribution is -0.134. The number of amides is 4. The first-order valence-electron chi connectivity index (χ1n) is 11.2. The fraction of sp³-hybridized carbons (Fsp3) is 0.458. The van der Waals surface area contributed by atoms with Crippen LogP contribution >= 0.6 is 11.3 Å². The van der Waals surface area contributed by atoms with Crippen molar-refractivity contribution >= 4 is 34.9 Å². The lowest BCUT2D eigenvalue weighted by atomic mass is 9.88. The van der Waals surface area contributed by atoms with E-state index in [-0.39, 0.29) is 23.8 Å². The summed E-state index contributed by atoms with van der Waals surface area (Å²) >= 11 is 1.36. The van der Waals surface area contributed by atoms with Crippen LogP contribution in [0.1, 0.15) is 41.9 Å². The number of likely N-dealkylation sites (N-methyl/N-ethyl adjacent to an activating group) is 1. The second-order valence-electron chi connectivity index (χ2n) is 8.06. The molecular formula is C24H32N4O3S. The molecule has 1 aromatic heterocycles. The third-order valence-corrected chi connectivity index (χ3v) is 6.84. The Balaban J connectivity index is 1.64. The molecule has 0 unspecified atom stereocenters. The summed E-state index contributed by atoms with van der Waals surface area (Å²) < 4.78 is 0. The SMILES string of the molecule is CCN(CC)C(=O)[C@H](NC(=O)c1cccs1)C1CCN(C(=O)Nc2ccc(C)cc2)CC1. The van der Waals surface area contributed by atoms with E-state index in [9.17, 15) is 14.4 Å². The van der Waals surface area contributed by atoms with Gasteiger partial charge < -0.3 is 20.4 Å². The molecule has 2 N–H and O–H groups in total. The van der Waals surface area contributed by atoms with Crippen molar-refractivity contribution in [3.63, 3.8) is 0 Å². The van der Waals surface area contributed by atoms with Crippen molar-refractivity contribution in [1.82, 2.24) is 15.1 Å². The Morgan fingerprint density at radius 3 is 2.31 bits per heavy atom. The maximum absolute atomic E-state index is 13.2. The van der Waals surface area contributed by atoms with E-state index in [1.54, 1.807) is 15.9 Å². The molecule has 1 saturated heterocycles. The van der Waals surface area contributed by atoms with Gasteiger partial charge in [0.05, 0.1) is 4.88 Å². The number of urea groups is 1. The van der Waals surface area contributed by atoms with Crippen molar-refractivity contribution in [2.45, 2.75) is 39.7 Å². The van der Waals surface area contributed by atoms with E-state index in [0.29, 0.717) is 43.9 Å². The normalized spacial score (nSPS) is 15.2. The number of carbonyl (C=O) groups excluding carboxylic acids is 3. The first-order valence-corrected chi connectivity index (χ1v) is 12.1. The van der Waals surface area contributed by atoms with Crippen molar-refractivity contribution in [3.05, 3.63) is 52.2 Å². The summed E-state index contributed by atoms with van der Waals surface area (Å²) in [6.07, 6.45) is 1.31. The van der Waals surface area contributed by atoms with Crippen LogP contribution in [0.25, 0.3) is 0 Å². The van der Waals surface area contributed by atoms with Crippen LogP contribution in [-0.4, -0.2) is 59.9 Å². The predicted molar refractivity (Wildman–Crippen MR) is 128 cm³/mol. The van der Waals surface area contributed by atoms with Crippen molar-refractivity contribution in [2.75, 3.05) is 31.5 Å². The molecule has 7 nitrogen and oxygen atoms in total. The smallest absolute Gasteiger partial charge is 0.321 e. The number of nitrogens with one attached hydrogen (secondary N) is 2. The Hall–Kier alpha value is -2.87. The first kappa shape index (κ1) is 23.8. The summed E-state index contributed by atoms with van der Waals surface area (Å²) in [5.41, 5.74) is 1.90. The van der Waals surface area contributed by atoms with Crippen LogP contribution in [0.4, 0.5) is 10.5 Å². The van der Waals surface area contributed by atoms with E-state index < -0.39 is 6.04 Å². The minimum atomic E-state index is -0.591. The molecule has 32 heavy (non-hydrogen) atoms. The molecule has 3 rings (SSSR count). The van der Waals surface area contributed by atoms with Gasteiger partial charge in [0, 0.05) is 31.9 Å².